The van der Waals surface area contributed by atoms with Gasteiger partial charge in [0, 0.05) is 19.8 Å². The third-order valence-electron chi connectivity index (χ3n) is 4.34. The highest BCUT2D eigenvalue weighted by atomic mass is 16.2. The van der Waals surface area contributed by atoms with Crippen molar-refractivity contribution < 1.29 is 4.79 Å². The Morgan fingerprint density at radius 3 is 2.54 bits per heavy atom. The van der Waals surface area contributed by atoms with Crippen LogP contribution in [-0.2, 0) is 25.4 Å². The molecule has 0 aliphatic rings. The molecule has 3 heterocycles. The van der Waals surface area contributed by atoms with Gasteiger partial charge in [0.05, 0.1) is 12.0 Å². The van der Waals surface area contributed by atoms with Crippen LogP contribution in [0, 0.1) is 0 Å². The maximum absolute atomic E-state index is 12.6. The highest BCUT2D eigenvalue weighted by Gasteiger charge is 2.17. The lowest BCUT2D eigenvalue weighted by Crippen LogP contribution is -2.42. The topological polar surface area (TPSA) is 122 Å². The van der Waals surface area contributed by atoms with Crippen molar-refractivity contribution in [2.45, 2.75) is 6.54 Å². The van der Waals surface area contributed by atoms with Gasteiger partial charge in [-0.25, -0.2) is 24.0 Å². The van der Waals surface area contributed by atoms with Crippen molar-refractivity contribution in [3.05, 3.63) is 64.1 Å². The van der Waals surface area contributed by atoms with Crippen molar-refractivity contribution in [3.8, 4) is 5.69 Å². The molecular formula is C17H16N8O3. The van der Waals surface area contributed by atoms with Crippen molar-refractivity contribution in [2.24, 2.45) is 14.1 Å². The van der Waals surface area contributed by atoms with Crippen molar-refractivity contribution in [1.29, 1.82) is 0 Å². The maximum atomic E-state index is 12.6. The van der Waals surface area contributed by atoms with Crippen LogP contribution in [0.15, 0.2) is 52.8 Å². The van der Waals surface area contributed by atoms with Gasteiger partial charge in [0.2, 0.25) is 5.91 Å². The van der Waals surface area contributed by atoms with E-state index in [1.54, 1.807) is 42.3 Å². The molecule has 28 heavy (non-hydrogen) atoms. The predicted octanol–water partition coefficient (Wildman–Crippen LogP) is -0.347. The number of imidazole rings is 1. The van der Waals surface area contributed by atoms with E-state index in [9.17, 15) is 14.4 Å². The molecule has 0 fully saturated rings. The van der Waals surface area contributed by atoms with Gasteiger partial charge in [-0.2, -0.15) is 5.10 Å². The van der Waals surface area contributed by atoms with Crippen molar-refractivity contribution in [3.63, 3.8) is 0 Å². The fourth-order valence-corrected chi connectivity index (χ4v) is 2.92. The second-order valence-electron chi connectivity index (χ2n) is 6.20. The Kier molecular flexibility index (Phi) is 4.11. The Bertz CT molecular complexity index is 1280. The molecule has 4 rings (SSSR count). The summed E-state index contributed by atoms with van der Waals surface area (Å²) in [4.78, 5) is 45.4. The first kappa shape index (κ1) is 17.4. The van der Waals surface area contributed by atoms with Crippen LogP contribution in [0.1, 0.15) is 0 Å². The molecule has 11 heteroatoms. The van der Waals surface area contributed by atoms with Crippen molar-refractivity contribution in [2.75, 3.05) is 5.32 Å². The first-order chi connectivity index (χ1) is 13.5. The fourth-order valence-electron chi connectivity index (χ4n) is 2.92. The number of carbonyl (C=O) groups excluding carboxylic acids is 1. The zero-order valence-electron chi connectivity index (χ0n) is 15.1. The lowest BCUT2D eigenvalue weighted by Gasteiger charge is -2.10. The lowest BCUT2D eigenvalue weighted by molar-refractivity contribution is -0.116. The summed E-state index contributed by atoms with van der Waals surface area (Å²) in [5, 5.41) is 6.70. The van der Waals surface area contributed by atoms with Gasteiger partial charge < -0.3 is 9.88 Å². The van der Waals surface area contributed by atoms with Gasteiger partial charge in [0.1, 0.15) is 19.2 Å². The molecule has 0 saturated heterocycles. The van der Waals surface area contributed by atoms with Crippen LogP contribution in [0.3, 0.4) is 0 Å². The standard InChI is InChI=1S/C17H16N8O3/c1-22-10-19-15-14(22)16(27)24(17(28)23(15)2)7-13(26)21-11-3-5-12(6-4-11)25-9-18-8-20-25/h3-6,8-10H,7H2,1-2H3,(H,21,26). The highest BCUT2D eigenvalue weighted by molar-refractivity contribution is 5.90. The van der Waals surface area contributed by atoms with Crippen LogP contribution in [-0.4, -0.2) is 39.4 Å². The second-order valence-corrected chi connectivity index (χ2v) is 6.20. The number of amides is 1. The predicted molar refractivity (Wildman–Crippen MR) is 100 cm³/mol. The zero-order chi connectivity index (χ0) is 19.8. The summed E-state index contributed by atoms with van der Waals surface area (Å²) in [5.74, 6) is -0.491. The van der Waals surface area contributed by atoms with Crippen molar-refractivity contribution in [1.82, 2.24) is 33.4 Å². The van der Waals surface area contributed by atoms with Gasteiger partial charge in [-0.15, -0.1) is 0 Å². The number of rotatable bonds is 4. The molecule has 0 bridgehead atoms. The van der Waals surface area contributed by atoms with E-state index in [1.807, 2.05) is 0 Å². The van der Waals surface area contributed by atoms with E-state index >= 15 is 0 Å². The summed E-state index contributed by atoms with van der Waals surface area (Å²) in [6.07, 6.45) is 4.43. The molecule has 0 aliphatic carbocycles. The maximum Gasteiger partial charge on any atom is 0.332 e. The van der Waals surface area contributed by atoms with E-state index in [1.165, 1.54) is 28.8 Å². The van der Waals surface area contributed by atoms with Gasteiger partial charge >= 0.3 is 5.69 Å². The Balaban J connectivity index is 1.58. The normalized spacial score (nSPS) is 11.1. The molecule has 0 spiro atoms. The second kappa shape index (κ2) is 6.61. The number of hydrogen-bond donors (Lipinski definition) is 1. The molecular weight excluding hydrogens is 364 g/mol. The first-order valence-corrected chi connectivity index (χ1v) is 8.31. The molecule has 11 nitrogen and oxygen atoms in total. The van der Waals surface area contributed by atoms with Gasteiger partial charge in [0.15, 0.2) is 11.2 Å². The Hall–Kier alpha value is -4.02. The molecule has 1 N–H and O–H groups in total. The third kappa shape index (κ3) is 2.88. The smallest absolute Gasteiger partial charge is 0.328 e. The zero-order valence-corrected chi connectivity index (χ0v) is 15.1. The number of anilines is 1. The number of nitrogens with one attached hydrogen (secondary N) is 1. The van der Waals surface area contributed by atoms with Crippen LogP contribution in [0.5, 0.6) is 0 Å². The molecule has 0 aliphatic heterocycles. The summed E-state index contributed by atoms with van der Waals surface area (Å²) in [5.41, 5.74) is 0.676. The van der Waals surface area contributed by atoms with E-state index in [4.69, 9.17) is 0 Å². The highest BCUT2D eigenvalue weighted by Crippen LogP contribution is 2.12. The average molecular weight is 380 g/mol. The minimum absolute atomic E-state index is 0.257. The Morgan fingerprint density at radius 2 is 1.86 bits per heavy atom. The van der Waals surface area contributed by atoms with E-state index in [0.717, 1.165) is 10.3 Å². The molecule has 3 aromatic heterocycles. The minimum Gasteiger partial charge on any atom is -0.328 e. The van der Waals surface area contributed by atoms with Crippen LogP contribution in [0.2, 0.25) is 0 Å². The monoisotopic (exact) mass is 380 g/mol. The van der Waals surface area contributed by atoms with Gasteiger partial charge in [-0.05, 0) is 24.3 Å². The lowest BCUT2D eigenvalue weighted by atomic mass is 10.3. The summed E-state index contributed by atoms with van der Waals surface area (Å²) < 4.78 is 5.24. The molecule has 0 saturated carbocycles. The fraction of sp³-hybridized carbons (Fsp3) is 0.176. The summed E-state index contributed by atoms with van der Waals surface area (Å²) in [6, 6.07) is 6.91. The molecule has 0 radical (unpaired) electrons. The molecule has 1 aromatic carbocycles. The van der Waals surface area contributed by atoms with Crippen LogP contribution in [0.25, 0.3) is 16.9 Å². The summed E-state index contributed by atoms with van der Waals surface area (Å²) >= 11 is 0. The quantitative estimate of drug-likeness (QED) is 0.517. The first-order valence-electron chi connectivity index (χ1n) is 8.31. The molecule has 0 atom stereocenters. The summed E-state index contributed by atoms with van der Waals surface area (Å²) in [6.45, 7) is -0.405. The molecule has 0 unspecified atom stereocenters. The van der Waals surface area contributed by atoms with E-state index < -0.39 is 23.7 Å². The van der Waals surface area contributed by atoms with Gasteiger partial charge in [-0.3, -0.25) is 14.2 Å². The van der Waals surface area contributed by atoms with Crippen LogP contribution < -0.4 is 16.6 Å². The number of hydrogen-bond acceptors (Lipinski definition) is 6. The largest absolute Gasteiger partial charge is 0.332 e. The van der Waals surface area contributed by atoms with Crippen molar-refractivity contribution >= 4 is 22.8 Å². The number of aryl methyl sites for hydroxylation is 2. The van der Waals surface area contributed by atoms with Crippen LogP contribution in [0.4, 0.5) is 5.69 Å². The number of aromatic nitrogens is 7. The third-order valence-corrected chi connectivity index (χ3v) is 4.34. The average Bonchev–Trinajstić information content (AvgIpc) is 3.34. The minimum atomic E-state index is -0.604. The number of benzene rings is 1. The molecule has 1 amide bonds. The van der Waals surface area contributed by atoms with Crippen LogP contribution >= 0.6 is 0 Å². The summed E-state index contributed by atoms with van der Waals surface area (Å²) in [7, 11) is 3.16. The molecule has 4 aromatic rings. The van der Waals surface area contributed by atoms with E-state index in [-0.39, 0.29) is 11.2 Å². The number of nitrogens with zero attached hydrogens (tertiary/aromatic N) is 7. The SMILES string of the molecule is Cn1cnc2c1c(=O)n(CC(=O)Nc1ccc(-n3cncn3)cc1)c(=O)n2C. The molecule has 142 valence electrons. The van der Waals surface area contributed by atoms with Gasteiger partial charge in [0.25, 0.3) is 5.56 Å². The van der Waals surface area contributed by atoms with Gasteiger partial charge in [-0.1, -0.05) is 0 Å². The van der Waals surface area contributed by atoms with E-state index in [0.29, 0.717) is 5.69 Å². The Labute approximate surface area is 157 Å². The number of carbonyl (C=O) groups is 1. The number of fused-ring (bicyclic) bond motifs is 1. The van der Waals surface area contributed by atoms with E-state index in [2.05, 4.69) is 20.4 Å². The Morgan fingerprint density at radius 1 is 1.11 bits per heavy atom.